The molecule has 0 fully saturated rings. The van der Waals surface area contributed by atoms with Crippen LogP contribution in [-0.4, -0.2) is 23.6 Å². The van der Waals surface area contributed by atoms with Crippen molar-refractivity contribution in [1.82, 2.24) is 10.1 Å². The molecule has 0 saturated carbocycles. The molecule has 15 heavy (non-hydrogen) atoms. The Morgan fingerprint density at radius 2 is 2.40 bits per heavy atom. The number of anilines is 1. The number of rotatable bonds is 2. The second-order valence-electron chi connectivity index (χ2n) is 3.55. The molecule has 1 aromatic rings. The summed E-state index contributed by atoms with van der Waals surface area (Å²) < 4.78 is 6.02. The molecule has 0 atom stereocenters. The van der Waals surface area contributed by atoms with Crippen LogP contribution in [0.4, 0.5) is 5.82 Å². The first-order valence-corrected chi connectivity index (χ1v) is 5.41. The maximum atomic E-state index is 4.98. The molecule has 0 bridgehead atoms. The Morgan fingerprint density at radius 3 is 3.00 bits per heavy atom. The van der Waals surface area contributed by atoms with Gasteiger partial charge >= 0.3 is 0 Å². The molecular weight excluding hydrogens is 258 g/mol. The number of halogens is 1. The van der Waals surface area contributed by atoms with Crippen LogP contribution >= 0.6 is 15.9 Å². The molecule has 80 valence electrons. The van der Waals surface area contributed by atoms with Crippen LogP contribution in [0.25, 0.3) is 0 Å². The third-order valence-corrected chi connectivity index (χ3v) is 2.43. The summed E-state index contributed by atoms with van der Waals surface area (Å²) in [6, 6.07) is 1.87. The van der Waals surface area contributed by atoms with Crippen molar-refractivity contribution < 1.29 is 4.52 Å². The molecule has 2 rings (SSSR count). The van der Waals surface area contributed by atoms with Gasteiger partial charge in [-0.1, -0.05) is 5.16 Å². The summed E-state index contributed by atoms with van der Waals surface area (Å²) in [5.41, 5.74) is 1.08. The molecule has 0 aliphatic carbocycles. The smallest absolute Gasteiger partial charge is 0.173 e. The van der Waals surface area contributed by atoms with Crippen LogP contribution in [0.3, 0.4) is 0 Å². The van der Waals surface area contributed by atoms with Crippen LogP contribution < -0.4 is 5.32 Å². The molecule has 5 heteroatoms. The molecule has 1 N–H and O–H groups in total. The van der Waals surface area contributed by atoms with Gasteiger partial charge < -0.3 is 14.7 Å². The zero-order valence-electron chi connectivity index (χ0n) is 8.62. The van der Waals surface area contributed by atoms with Crippen LogP contribution in [0, 0.1) is 6.92 Å². The predicted octanol–water partition coefficient (Wildman–Crippen LogP) is 2.46. The first kappa shape index (κ1) is 10.3. The highest BCUT2D eigenvalue weighted by Crippen LogP contribution is 2.19. The highest BCUT2D eigenvalue weighted by molar-refractivity contribution is 9.11. The van der Waals surface area contributed by atoms with Gasteiger partial charge in [-0.25, -0.2) is 0 Å². The summed E-state index contributed by atoms with van der Waals surface area (Å²) in [4.78, 5) is 2.08. The maximum absolute atomic E-state index is 4.98. The number of aromatic nitrogens is 1. The first-order valence-electron chi connectivity index (χ1n) is 4.62. The monoisotopic (exact) mass is 269 g/mol. The first-order chi connectivity index (χ1) is 7.13. The van der Waals surface area contributed by atoms with Crippen molar-refractivity contribution in [2.75, 3.05) is 18.9 Å². The molecule has 1 aromatic heterocycles. The van der Waals surface area contributed by atoms with E-state index in [1.165, 1.54) is 0 Å². The standard InChI is InChI=1S/C10H12BrN3O/c1-7-3-10(13-15-7)12-9-4-8(11)5-14(2)6-9/h3-5H,6H2,1-2H3,(H,12,13). The van der Waals surface area contributed by atoms with Crippen molar-refractivity contribution in [3.05, 3.63) is 34.3 Å². The van der Waals surface area contributed by atoms with Gasteiger partial charge in [-0.05, 0) is 28.9 Å². The third-order valence-electron chi connectivity index (χ3n) is 1.99. The molecule has 0 saturated heterocycles. The highest BCUT2D eigenvalue weighted by atomic mass is 79.9. The van der Waals surface area contributed by atoms with Crippen molar-refractivity contribution in [3.8, 4) is 0 Å². The van der Waals surface area contributed by atoms with Crippen molar-refractivity contribution in [3.63, 3.8) is 0 Å². The minimum absolute atomic E-state index is 0.745. The van der Waals surface area contributed by atoms with E-state index in [1.54, 1.807) is 0 Å². The fourth-order valence-corrected chi connectivity index (χ4v) is 2.07. The predicted molar refractivity (Wildman–Crippen MR) is 62.6 cm³/mol. The number of aryl methyl sites for hydroxylation is 1. The normalized spacial score (nSPS) is 16.1. The van der Waals surface area contributed by atoms with E-state index >= 15 is 0 Å². The van der Waals surface area contributed by atoms with Crippen molar-refractivity contribution in [2.45, 2.75) is 6.92 Å². The number of hydrogen-bond donors (Lipinski definition) is 1. The molecule has 4 nitrogen and oxygen atoms in total. The summed E-state index contributed by atoms with van der Waals surface area (Å²) in [7, 11) is 2.02. The lowest BCUT2D eigenvalue weighted by Crippen LogP contribution is -2.21. The molecule has 2 heterocycles. The minimum atomic E-state index is 0.745. The lowest BCUT2D eigenvalue weighted by molar-refractivity contribution is 0.399. The summed E-state index contributed by atoms with van der Waals surface area (Å²) in [6.07, 6.45) is 4.06. The van der Waals surface area contributed by atoms with E-state index in [4.69, 9.17) is 4.52 Å². The molecule has 1 aliphatic rings. The number of allylic oxidation sites excluding steroid dienone is 2. The Labute approximate surface area is 96.7 Å². The van der Waals surface area contributed by atoms with Gasteiger partial charge in [-0.3, -0.25) is 0 Å². The van der Waals surface area contributed by atoms with Gasteiger partial charge in [-0.15, -0.1) is 0 Å². The Kier molecular flexibility index (Phi) is 2.81. The maximum Gasteiger partial charge on any atom is 0.173 e. The number of nitrogens with zero attached hydrogens (tertiary/aromatic N) is 2. The molecule has 0 unspecified atom stereocenters. The Balaban J connectivity index is 2.10. The second kappa shape index (κ2) is 4.10. The van der Waals surface area contributed by atoms with Gasteiger partial charge in [0.25, 0.3) is 0 Å². The van der Waals surface area contributed by atoms with Crippen LogP contribution in [0.5, 0.6) is 0 Å². The lowest BCUT2D eigenvalue weighted by Gasteiger charge is -2.21. The van der Waals surface area contributed by atoms with Gasteiger partial charge in [0.1, 0.15) is 5.76 Å². The lowest BCUT2D eigenvalue weighted by atomic mass is 10.3. The van der Waals surface area contributed by atoms with Crippen molar-refractivity contribution >= 4 is 21.7 Å². The molecule has 0 radical (unpaired) electrons. The number of nitrogens with one attached hydrogen (secondary N) is 1. The Bertz CT molecular complexity index is 422. The fraction of sp³-hybridized carbons (Fsp3) is 0.300. The Morgan fingerprint density at radius 1 is 1.60 bits per heavy atom. The van der Waals surface area contributed by atoms with E-state index in [-0.39, 0.29) is 0 Å². The highest BCUT2D eigenvalue weighted by Gasteiger charge is 2.09. The van der Waals surface area contributed by atoms with Crippen LogP contribution in [-0.2, 0) is 0 Å². The number of likely N-dealkylation sites (N-methyl/N-ethyl adjacent to an activating group) is 1. The quantitative estimate of drug-likeness (QED) is 0.896. The topological polar surface area (TPSA) is 41.3 Å². The van der Waals surface area contributed by atoms with Crippen molar-refractivity contribution in [1.29, 1.82) is 0 Å². The fourth-order valence-electron chi connectivity index (χ4n) is 1.44. The molecule has 0 aromatic carbocycles. The van der Waals surface area contributed by atoms with E-state index in [0.717, 1.165) is 28.3 Å². The van der Waals surface area contributed by atoms with Crippen LogP contribution in [0.15, 0.2) is 33.0 Å². The summed E-state index contributed by atoms with van der Waals surface area (Å²) in [5, 5.41) is 7.09. The SMILES string of the molecule is Cc1cc(NC2=CC(Br)=CN(C)C2)no1. The van der Waals surface area contributed by atoms with Gasteiger partial charge in [0, 0.05) is 29.5 Å². The average molecular weight is 270 g/mol. The summed E-state index contributed by atoms with van der Waals surface area (Å²) >= 11 is 3.45. The molecule has 0 spiro atoms. The van der Waals surface area contributed by atoms with E-state index in [1.807, 2.05) is 32.3 Å². The zero-order valence-corrected chi connectivity index (χ0v) is 10.2. The van der Waals surface area contributed by atoms with Gasteiger partial charge in [0.2, 0.25) is 0 Å². The molecule has 0 amide bonds. The number of hydrogen-bond acceptors (Lipinski definition) is 4. The van der Waals surface area contributed by atoms with Crippen LogP contribution in [0.2, 0.25) is 0 Å². The zero-order chi connectivity index (χ0) is 10.8. The largest absolute Gasteiger partial charge is 0.374 e. The van der Waals surface area contributed by atoms with Gasteiger partial charge in [0.05, 0.1) is 6.54 Å². The third kappa shape index (κ3) is 2.62. The van der Waals surface area contributed by atoms with E-state index in [9.17, 15) is 0 Å². The van der Waals surface area contributed by atoms with Gasteiger partial charge in [-0.2, -0.15) is 0 Å². The van der Waals surface area contributed by atoms with Gasteiger partial charge in [0.15, 0.2) is 5.82 Å². The van der Waals surface area contributed by atoms with E-state index in [2.05, 4.69) is 31.3 Å². The summed E-state index contributed by atoms with van der Waals surface area (Å²) in [6.45, 7) is 2.70. The van der Waals surface area contributed by atoms with Crippen LogP contribution in [0.1, 0.15) is 5.76 Å². The average Bonchev–Trinajstić information content (AvgIpc) is 2.49. The summed E-state index contributed by atoms with van der Waals surface area (Å²) in [5.74, 6) is 1.55. The minimum Gasteiger partial charge on any atom is -0.374 e. The molecule has 1 aliphatic heterocycles. The van der Waals surface area contributed by atoms with E-state index < -0.39 is 0 Å². The second-order valence-corrected chi connectivity index (χ2v) is 4.46. The van der Waals surface area contributed by atoms with Crippen molar-refractivity contribution in [2.24, 2.45) is 0 Å². The Hall–Kier alpha value is -1.23. The van der Waals surface area contributed by atoms with E-state index in [0.29, 0.717) is 0 Å². The molecular formula is C10H12BrN3O.